The van der Waals surface area contributed by atoms with E-state index in [4.69, 9.17) is 9.84 Å². The number of carbonyl (C=O) groups is 1. The Balaban J connectivity index is 2.09. The molecule has 0 amide bonds. The summed E-state index contributed by atoms with van der Waals surface area (Å²) in [5.74, 6) is -1.26. The lowest BCUT2D eigenvalue weighted by Gasteiger charge is -2.30. The van der Waals surface area contributed by atoms with E-state index in [1.807, 2.05) is 6.07 Å². The molecule has 1 fully saturated rings. The molecular weight excluding hydrogens is 270 g/mol. The fraction of sp³-hybridized carbons (Fsp3) is 0.417. The van der Waals surface area contributed by atoms with Gasteiger partial charge in [-0.05, 0) is 5.56 Å². The lowest BCUT2D eigenvalue weighted by atomic mass is 10.2. The third-order valence-electron chi connectivity index (χ3n) is 2.89. The lowest BCUT2D eigenvalue weighted by molar-refractivity contribution is -0.153. The molecule has 1 N–H and O–H groups in total. The molecule has 0 radical (unpaired) electrons. The van der Waals surface area contributed by atoms with Crippen LogP contribution < -0.4 is 0 Å². The number of carboxylic acids is 1. The second-order valence-electron chi connectivity index (χ2n) is 4.30. The summed E-state index contributed by atoms with van der Waals surface area (Å²) in [7, 11) is -3.51. The second-order valence-corrected chi connectivity index (χ2v) is 6.27. The van der Waals surface area contributed by atoms with Crippen molar-refractivity contribution in [3.63, 3.8) is 0 Å². The molecule has 1 aromatic carbocycles. The number of aliphatic carboxylic acids is 1. The monoisotopic (exact) mass is 285 g/mol. The molecule has 1 heterocycles. The van der Waals surface area contributed by atoms with Crippen LogP contribution in [0.3, 0.4) is 0 Å². The van der Waals surface area contributed by atoms with Crippen molar-refractivity contribution in [3.05, 3.63) is 35.9 Å². The van der Waals surface area contributed by atoms with Crippen LogP contribution in [0.25, 0.3) is 0 Å². The number of benzene rings is 1. The lowest BCUT2D eigenvalue weighted by Crippen LogP contribution is -2.48. The summed E-state index contributed by atoms with van der Waals surface area (Å²) in [5.41, 5.74) is 0.681. The van der Waals surface area contributed by atoms with E-state index < -0.39 is 22.1 Å². The highest BCUT2D eigenvalue weighted by Crippen LogP contribution is 2.15. The Morgan fingerprint density at radius 1 is 1.37 bits per heavy atom. The topological polar surface area (TPSA) is 83.9 Å². The Labute approximate surface area is 111 Å². The molecule has 0 bridgehead atoms. The maximum absolute atomic E-state index is 12.2. The van der Waals surface area contributed by atoms with Gasteiger partial charge in [0, 0.05) is 6.54 Å². The molecule has 1 saturated heterocycles. The Kier molecular flexibility index (Phi) is 4.18. The van der Waals surface area contributed by atoms with Crippen LogP contribution in [0.1, 0.15) is 5.56 Å². The molecule has 19 heavy (non-hydrogen) atoms. The predicted octanol–water partition coefficient (Wildman–Crippen LogP) is 0.302. The van der Waals surface area contributed by atoms with Gasteiger partial charge in [0.05, 0.1) is 18.9 Å². The van der Waals surface area contributed by atoms with Crippen LogP contribution in [-0.2, 0) is 25.3 Å². The van der Waals surface area contributed by atoms with E-state index in [1.54, 1.807) is 24.3 Å². The third kappa shape index (κ3) is 3.52. The maximum Gasteiger partial charge on any atom is 0.334 e. The molecular formula is C12H15NO5S. The highest BCUT2D eigenvalue weighted by atomic mass is 32.2. The fourth-order valence-electron chi connectivity index (χ4n) is 1.90. The van der Waals surface area contributed by atoms with Crippen LogP contribution in [0, 0.1) is 0 Å². The minimum Gasteiger partial charge on any atom is -0.479 e. The van der Waals surface area contributed by atoms with Crippen molar-refractivity contribution in [2.45, 2.75) is 11.9 Å². The number of hydrogen-bond donors (Lipinski definition) is 1. The van der Waals surface area contributed by atoms with Crippen LogP contribution in [0.4, 0.5) is 0 Å². The van der Waals surface area contributed by atoms with Crippen molar-refractivity contribution in [2.24, 2.45) is 0 Å². The standard InChI is InChI=1S/C12H15NO5S/c14-12(15)11-8-13(6-7-18-11)19(16,17)9-10-4-2-1-3-5-10/h1-5,11H,6-9H2,(H,14,15). The van der Waals surface area contributed by atoms with Gasteiger partial charge in [0.1, 0.15) is 0 Å². The number of rotatable bonds is 4. The van der Waals surface area contributed by atoms with Gasteiger partial charge in [0.2, 0.25) is 10.0 Å². The van der Waals surface area contributed by atoms with Crippen molar-refractivity contribution in [1.82, 2.24) is 4.31 Å². The molecule has 0 aromatic heterocycles. The first-order valence-corrected chi connectivity index (χ1v) is 7.46. The predicted molar refractivity (Wildman–Crippen MR) is 68.0 cm³/mol. The van der Waals surface area contributed by atoms with E-state index in [0.717, 1.165) is 0 Å². The van der Waals surface area contributed by atoms with Gasteiger partial charge < -0.3 is 9.84 Å². The first-order valence-electron chi connectivity index (χ1n) is 5.85. The van der Waals surface area contributed by atoms with Crippen LogP contribution in [0.5, 0.6) is 0 Å². The van der Waals surface area contributed by atoms with Crippen molar-refractivity contribution < 1.29 is 23.1 Å². The molecule has 2 rings (SSSR count). The third-order valence-corrected chi connectivity index (χ3v) is 4.71. The summed E-state index contributed by atoms with van der Waals surface area (Å²) >= 11 is 0. The molecule has 1 aromatic rings. The zero-order valence-electron chi connectivity index (χ0n) is 10.2. The van der Waals surface area contributed by atoms with E-state index >= 15 is 0 Å². The van der Waals surface area contributed by atoms with Crippen molar-refractivity contribution in [2.75, 3.05) is 19.7 Å². The number of carboxylic acid groups (broad SMARTS) is 1. The average molecular weight is 285 g/mol. The molecule has 1 unspecified atom stereocenters. The van der Waals surface area contributed by atoms with Gasteiger partial charge in [0.15, 0.2) is 6.10 Å². The highest BCUT2D eigenvalue weighted by molar-refractivity contribution is 7.88. The SMILES string of the molecule is O=C(O)C1CN(S(=O)(=O)Cc2ccccc2)CCO1. The van der Waals surface area contributed by atoms with E-state index in [1.165, 1.54) is 4.31 Å². The van der Waals surface area contributed by atoms with Crippen molar-refractivity contribution >= 4 is 16.0 Å². The van der Waals surface area contributed by atoms with Gasteiger partial charge in [0.25, 0.3) is 0 Å². The van der Waals surface area contributed by atoms with Gasteiger partial charge in [-0.25, -0.2) is 13.2 Å². The number of ether oxygens (including phenoxy) is 1. The summed E-state index contributed by atoms with van der Waals surface area (Å²) < 4.78 is 30.6. The normalized spacial score (nSPS) is 21.2. The minimum absolute atomic E-state index is 0.102. The number of nitrogens with zero attached hydrogens (tertiary/aromatic N) is 1. The number of sulfonamides is 1. The maximum atomic E-state index is 12.2. The van der Waals surface area contributed by atoms with Crippen LogP contribution in [0.15, 0.2) is 30.3 Å². The Hall–Kier alpha value is -1.44. The Morgan fingerprint density at radius 3 is 2.68 bits per heavy atom. The summed E-state index contributed by atoms with van der Waals surface area (Å²) in [5, 5.41) is 8.86. The zero-order chi connectivity index (χ0) is 13.9. The zero-order valence-corrected chi connectivity index (χ0v) is 11.0. The Bertz CT molecular complexity index is 542. The van der Waals surface area contributed by atoms with Gasteiger partial charge in [-0.15, -0.1) is 0 Å². The quantitative estimate of drug-likeness (QED) is 0.860. The van der Waals surface area contributed by atoms with Gasteiger partial charge in [-0.1, -0.05) is 30.3 Å². The van der Waals surface area contributed by atoms with E-state index in [9.17, 15) is 13.2 Å². The molecule has 104 valence electrons. The van der Waals surface area contributed by atoms with Crippen LogP contribution in [-0.4, -0.2) is 49.6 Å². The van der Waals surface area contributed by atoms with E-state index in [0.29, 0.717) is 5.56 Å². The largest absolute Gasteiger partial charge is 0.479 e. The summed E-state index contributed by atoms with van der Waals surface area (Å²) in [6.07, 6.45) is -1.08. The molecule has 1 aliphatic rings. The number of morpholine rings is 1. The van der Waals surface area contributed by atoms with Crippen LogP contribution in [0.2, 0.25) is 0 Å². The summed E-state index contributed by atoms with van der Waals surface area (Å²) in [6.45, 7) is 0.161. The molecule has 7 heteroatoms. The molecule has 1 atom stereocenters. The summed E-state index contributed by atoms with van der Waals surface area (Å²) in [4.78, 5) is 10.8. The average Bonchev–Trinajstić information content (AvgIpc) is 2.39. The molecule has 6 nitrogen and oxygen atoms in total. The highest BCUT2D eigenvalue weighted by Gasteiger charge is 2.32. The molecule has 0 aliphatic carbocycles. The van der Waals surface area contributed by atoms with E-state index in [2.05, 4.69) is 0 Å². The van der Waals surface area contributed by atoms with Crippen molar-refractivity contribution in [3.8, 4) is 0 Å². The van der Waals surface area contributed by atoms with Crippen LogP contribution >= 0.6 is 0 Å². The first-order chi connectivity index (χ1) is 8.99. The molecule has 0 spiro atoms. The summed E-state index contributed by atoms with van der Waals surface area (Å²) in [6, 6.07) is 8.80. The molecule has 0 saturated carbocycles. The van der Waals surface area contributed by atoms with Gasteiger partial charge >= 0.3 is 5.97 Å². The van der Waals surface area contributed by atoms with Gasteiger partial charge in [-0.3, -0.25) is 0 Å². The first kappa shape index (κ1) is 14.0. The molecule has 1 aliphatic heterocycles. The number of hydrogen-bond acceptors (Lipinski definition) is 4. The smallest absolute Gasteiger partial charge is 0.334 e. The second kappa shape index (κ2) is 5.68. The Morgan fingerprint density at radius 2 is 2.05 bits per heavy atom. The van der Waals surface area contributed by atoms with Crippen molar-refractivity contribution in [1.29, 1.82) is 0 Å². The fourth-order valence-corrected chi connectivity index (χ4v) is 3.42. The van der Waals surface area contributed by atoms with E-state index in [-0.39, 0.29) is 25.4 Å². The van der Waals surface area contributed by atoms with Gasteiger partial charge in [-0.2, -0.15) is 4.31 Å². The minimum atomic E-state index is -3.51.